The summed E-state index contributed by atoms with van der Waals surface area (Å²) in [5.41, 5.74) is 2.75. The van der Waals surface area contributed by atoms with Crippen LogP contribution in [0.4, 0.5) is 0 Å². The standard InChI is InChI=1S/C15H23N3O3/c1-2-3-11-4-5-13(19)18(8-6-11)10-12-7-9-21-14(12)15(20)17-16/h7,9,11H,2-6,8,10,16H2,1H3,(H,17,20). The van der Waals surface area contributed by atoms with Gasteiger partial charge in [-0.1, -0.05) is 19.8 Å². The SMILES string of the molecule is CCCC1CCC(=O)N(Cc2ccoc2C(=O)NN)CC1. The first-order valence-electron chi connectivity index (χ1n) is 7.50. The highest BCUT2D eigenvalue weighted by Crippen LogP contribution is 2.24. The van der Waals surface area contributed by atoms with E-state index in [-0.39, 0.29) is 11.7 Å². The zero-order valence-corrected chi connectivity index (χ0v) is 12.4. The third-order valence-electron chi connectivity index (χ3n) is 4.07. The molecule has 2 amide bonds. The van der Waals surface area contributed by atoms with Gasteiger partial charge >= 0.3 is 5.91 Å². The fraction of sp³-hybridized carbons (Fsp3) is 0.600. The van der Waals surface area contributed by atoms with Crippen molar-refractivity contribution >= 4 is 11.8 Å². The van der Waals surface area contributed by atoms with Gasteiger partial charge in [0.05, 0.1) is 6.26 Å². The predicted molar refractivity (Wildman–Crippen MR) is 78.0 cm³/mol. The lowest BCUT2D eigenvalue weighted by atomic mass is 9.96. The second-order valence-electron chi connectivity index (χ2n) is 5.55. The second kappa shape index (κ2) is 7.26. The molecule has 0 spiro atoms. The van der Waals surface area contributed by atoms with E-state index < -0.39 is 5.91 Å². The average molecular weight is 293 g/mol. The number of nitrogens with zero attached hydrogens (tertiary/aromatic N) is 1. The summed E-state index contributed by atoms with van der Waals surface area (Å²) in [7, 11) is 0. The lowest BCUT2D eigenvalue weighted by molar-refractivity contribution is -0.131. The van der Waals surface area contributed by atoms with Crippen molar-refractivity contribution < 1.29 is 14.0 Å². The molecule has 0 saturated carbocycles. The van der Waals surface area contributed by atoms with Crippen molar-refractivity contribution in [2.24, 2.45) is 11.8 Å². The number of likely N-dealkylation sites (tertiary alicyclic amines) is 1. The van der Waals surface area contributed by atoms with Gasteiger partial charge in [0.25, 0.3) is 0 Å². The minimum Gasteiger partial charge on any atom is -0.459 e. The number of nitrogens with two attached hydrogens (primary N) is 1. The molecule has 116 valence electrons. The predicted octanol–water partition coefficient (Wildman–Crippen LogP) is 1.81. The van der Waals surface area contributed by atoms with E-state index in [1.807, 2.05) is 4.90 Å². The Labute approximate surface area is 124 Å². The second-order valence-corrected chi connectivity index (χ2v) is 5.55. The molecule has 2 rings (SSSR count). The molecule has 0 aromatic carbocycles. The van der Waals surface area contributed by atoms with Crippen molar-refractivity contribution in [3.8, 4) is 0 Å². The van der Waals surface area contributed by atoms with E-state index in [9.17, 15) is 9.59 Å². The minimum absolute atomic E-state index is 0.147. The van der Waals surface area contributed by atoms with Gasteiger partial charge in [0.15, 0.2) is 5.76 Å². The van der Waals surface area contributed by atoms with E-state index >= 15 is 0 Å². The molecule has 1 aromatic heterocycles. The number of rotatable bonds is 5. The molecule has 21 heavy (non-hydrogen) atoms. The van der Waals surface area contributed by atoms with E-state index in [1.165, 1.54) is 12.7 Å². The van der Waals surface area contributed by atoms with Gasteiger partial charge in [-0.3, -0.25) is 15.0 Å². The molecule has 1 fully saturated rings. The first-order valence-corrected chi connectivity index (χ1v) is 7.50. The summed E-state index contributed by atoms with van der Waals surface area (Å²) in [6.45, 7) is 3.31. The molecule has 6 heteroatoms. The van der Waals surface area contributed by atoms with Gasteiger partial charge in [-0.15, -0.1) is 0 Å². The molecule has 1 atom stereocenters. The third kappa shape index (κ3) is 3.85. The molecule has 0 radical (unpaired) electrons. The van der Waals surface area contributed by atoms with Crippen LogP contribution in [0.2, 0.25) is 0 Å². The molecule has 0 aliphatic carbocycles. The molecular formula is C15H23N3O3. The van der Waals surface area contributed by atoms with Crippen molar-refractivity contribution in [1.82, 2.24) is 10.3 Å². The van der Waals surface area contributed by atoms with Crippen LogP contribution in [0.3, 0.4) is 0 Å². The number of carbonyl (C=O) groups excluding carboxylic acids is 2. The summed E-state index contributed by atoms with van der Waals surface area (Å²) in [6.07, 6.45) is 6.35. The van der Waals surface area contributed by atoms with Crippen LogP contribution in [-0.2, 0) is 11.3 Å². The van der Waals surface area contributed by atoms with E-state index in [2.05, 4.69) is 12.3 Å². The number of nitrogens with one attached hydrogen (secondary N) is 1. The van der Waals surface area contributed by atoms with Crippen LogP contribution in [-0.4, -0.2) is 23.3 Å². The van der Waals surface area contributed by atoms with Gasteiger partial charge in [-0.05, 0) is 24.8 Å². The number of hydrogen-bond acceptors (Lipinski definition) is 4. The number of furan rings is 1. The zero-order chi connectivity index (χ0) is 15.2. The van der Waals surface area contributed by atoms with Gasteiger partial charge in [0.2, 0.25) is 5.91 Å². The largest absolute Gasteiger partial charge is 0.459 e. The number of carbonyl (C=O) groups is 2. The van der Waals surface area contributed by atoms with Crippen LogP contribution in [0.5, 0.6) is 0 Å². The molecule has 2 heterocycles. The summed E-state index contributed by atoms with van der Waals surface area (Å²) in [5.74, 6) is 5.61. The highest BCUT2D eigenvalue weighted by atomic mass is 16.3. The Kier molecular flexibility index (Phi) is 5.38. The summed E-state index contributed by atoms with van der Waals surface area (Å²) in [5, 5.41) is 0. The summed E-state index contributed by atoms with van der Waals surface area (Å²) in [4.78, 5) is 25.6. The summed E-state index contributed by atoms with van der Waals surface area (Å²) in [6, 6.07) is 1.71. The molecule has 1 aliphatic heterocycles. The molecule has 1 aromatic rings. The van der Waals surface area contributed by atoms with E-state index in [0.29, 0.717) is 24.4 Å². The van der Waals surface area contributed by atoms with E-state index in [1.54, 1.807) is 6.07 Å². The van der Waals surface area contributed by atoms with Crippen molar-refractivity contribution in [3.05, 3.63) is 23.7 Å². The highest BCUT2D eigenvalue weighted by molar-refractivity contribution is 5.92. The Morgan fingerprint density at radius 2 is 2.33 bits per heavy atom. The average Bonchev–Trinajstić information content (AvgIpc) is 2.88. The quantitative estimate of drug-likeness (QED) is 0.492. The summed E-state index contributed by atoms with van der Waals surface area (Å²) < 4.78 is 5.16. The van der Waals surface area contributed by atoms with Crippen LogP contribution in [0.25, 0.3) is 0 Å². The van der Waals surface area contributed by atoms with Gasteiger partial charge < -0.3 is 9.32 Å². The fourth-order valence-electron chi connectivity index (χ4n) is 2.89. The number of hydrazine groups is 1. The highest BCUT2D eigenvalue weighted by Gasteiger charge is 2.24. The van der Waals surface area contributed by atoms with Crippen LogP contribution < -0.4 is 11.3 Å². The lowest BCUT2D eigenvalue weighted by Crippen LogP contribution is -2.33. The minimum atomic E-state index is -0.471. The third-order valence-corrected chi connectivity index (χ3v) is 4.07. The first kappa shape index (κ1) is 15.6. The maximum Gasteiger partial charge on any atom is 0.301 e. The maximum atomic E-state index is 12.2. The van der Waals surface area contributed by atoms with Crippen LogP contribution in [0, 0.1) is 5.92 Å². The van der Waals surface area contributed by atoms with Gasteiger partial charge in [-0.2, -0.15) is 0 Å². The Bertz CT molecular complexity index is 498. The van der Waals surface area contributed by atoms with Gasteiger partial charge in [0, 0.05) is 25.1 Å². The van der Waals surface area contributed by atoms with Crippen LogP contribution in [0.15, 0.2) is 16.7 Å². The number of nitrogen functional groups attached to an aromatic ring is 1. The lowest BCUT2D eigenvalue weighted by Gasteiger charge is -2.20. The number of amides is 2. The first-order chi connectivity index (χ1) is 10.2. The molecule has 0 bridgehead atoms. The summed E-state index contributed by atoms with van der Waals surface area (Å²) >= 11 is 0. The van der Waals surface area contributed by atoms with Gasteiger partial charge in [0.1, 0.15) is 0 Å². The van der Waals surface area contributed by atoms with Gasteiger partial charge in [-0.25, -0.2) is 5.84 Å². The molecule has 1 aliphatic rings. The number of hydrogen-bond donors (Lipinski definition) is 2. The van der Waals surface area contributed by atoms with Crippen LogP contribution >= 0.6 is 0 Å². The van der Waals surface area contributed by atoms with E-state index in [4.69, 9.17) is 10.3 Å². The Balaban J connectivity index is 2.03. The molecule has 6 nitrogen and oxygen atoms in total. The fourth-order valence-corrected chi connectivity index (χ4v) is 2.89. The van der Waals surface area contributed by atoms with Crippen molar-refractivity contribution in [1.29, 1.82) is 0 Å². The van der Waals surface area contributed by atoms with Crippen molar-refractivity contribution in [2.75, 3.05) is 6.54 Å². The molecule has 3 N–H and O–H groups in total. The molecule has 1 unspecified atom stereocenters. The monoisotopic (exact) mass is 293 g/mol. The zero-order valence-electron chi connectivity index (χ0n) is 12.4. The van der Waals surface area contributed by atoms with E-state index in [0.717, 1.165) is 25.8 Å². The van der Waals surface area contributed by atoms with Crippen molar-refractivity contribution in [2.45, 2.75) is 45.6 Å². The maximum absolute atomic E-state index is 12.2. The normalized spacial score (nSPS) is 19.4. The Hall–Kier alpha value is -1.82. The Morgan fingerprint density at radius 1 is 1.52 bits per heavy atom. The molecule has 1 saturated heterocycles. The molecular weight excluding hydrogens is 270 g/mol. The van der Waals surface area contributed by atoms with Crippen LogP contribution in [0.1, 0.15) is 55.1 Å². The Morgan fingerprint density at radius 3 is 3.05 bits per heavy atom. The topological polar surface area (TPSA) is 88.6 Å². The van der Waals surface area contributed by atoms with Crippen molar-refractivity contribution in [3.63, 3.8) is 0 Å². The smallest absolute Gasteiger partial charge is 0.301 e.